The molecule has 1 aromatic carbocycles. The van der Waals surface area contributed by atoms with E-state index in [0.29, 0.717) is 22.5 Å². The molecule has 0 aromatic heterocycles. The molecule has 7 nitrogen and oxygen atoms in total. The Labute approximate surface area is 176 Å². The van der Waals surface area contributed by atoms with E-state index >= 15 is 0 Å². The summed E-state index contributed by atoms with van der Waals surface area (Å²) in [6.45, 7) is 7.40. The summed E-state index contributed by atoms with van der Waals surface area (Å²) in [4.78, 5) is 15.1. The van der Waals surface area contributed by atoms with Crippen molar-refractivity contribution in [3.8, 4) is 0 Å². The third kappa shape index (κ3) is 6.52. The summed E-state index contributed by atoms with van der Waals surface area (Å²) in [5.74, 6) is 0.381. The second-order valence-electron chi connectivity index (χ2n) is 7.33. The SMILES string of the molecule is COCCNS(=O)(=O)c1ccc(Br)c(C(=O)NCC(C)N2CCCC(C)C2)c1. The fraction of sp³-hybridized carbons (Fsp3) is 0.632. The maximum atomic E-state index is 12.7. The van der Waals surface area contributed by atoms with Gasteiger partial charge in [-0.2, -0.15) is 0 Å². The highest BCUT2D eigenvalue weighted by molar-refractivity contribution is 9.10. The largest absolute Gasteiger partial charge is 0.383 e. The Kier molecular flexibility index (Phi) is 8.88. The number of amides is 1. The van der Waals surface area contributed by atoms with Crippen molar-refractivity contribution < 1.29 is 17.9 Å². The minimum atomic E-state index is -3.70. The molecule has 1 aliphatic rings. The number of methoxy groups -OCH3 is 1. The zero-order valence-electron chi connectivity index (χ0n) is 16.7. The molecule has 0 bridgehead atoms. The molecule has 28 heavy (non-hydrogen) atoms. The van der Waals surface area contributed by atoms with Crippen LogP contribution in [0.25, 0.3) is 0 Å². The molecular formula is C19H30BrN3O4S. The van der Waals surface area contributed by atoms with Gasteiger partial charge in [0.1, 0.15) is 0 Å². The maximum absolute atomic E-state index is 12.7. The summed E-state index contributed by atoms with van der Waals surface area (Å²) in [7, 11) is -2.20. The molecule has 2 unspecified atom stereocenters. The van der Waals surface area contributed by atoms with Gasteiger partial charge in [-0.05, 0) is 66.4 Å². The normalized spacial score (nSPS) is 19.4. The Morgan fingerprint density at radius 3 is 2.86 bits per heavy atom. The molecule has 2 N–H and O–H groups in total. The summed E-state index contributed by atoms with van der Waals surface area (Å²) >= 11 is 3.35. The highest BCUT2D eigenvalue weighted by Gasteiger charge is 2.22. The number of likely N-dealkylation sites (tertiary alicyclic amines) is 1. The number of carbonyl (C=O) groups excluding carboxylic acids is 1. The van der Waals surface area contributed by atoms with Crippen LogP contribution >= 0.6 is 15.9 Å². The van der Waals surface area contributed by atoms with Crippen LogP contribution in [0.2, 0.25) is 0 Å². The van der Waals surface area contributed by atoms with E-state index in [-0.39, 0.29) is 30.0 Å². The van der Waals surface area contributed by atoms with Crippen LogP contribution in [0.15, 0.2) is 27.6 Å². The lowest BCUT2D eigenvalue weighted by atomic mass is 9.99. The molecule has 0 saturated carbocycles. The van der Waals surface area contributed by atoms with E-state index in [2.05, 4.69) is 44.7 Å². The lowest BCUT2D eigenvalue weighted by Crippen LogP contribution is -2.46. The minimum absolute atomic E-state index is 0.0508. The number of nitrogens with zero attached hydrogens (tertiary/aromatic N) is 1. The van der Waals surface area contributed by atoms with Crippen molar-refractivity contribution in [3.63, 3.8) is 0 Å². The van der Waals surface area contributed by atoms with Gasteiger partial charge >= 0.3 is 0 Å². The van der Waals surface area contributed by atoms with E-state index in [1.165, 1.54) is 32.1 Å². The van der Waals surface area contributed by atoms with E-state index in [1.54, 1.807) is 6.07 Å². The smallest absolute Gasteiger partial charge is 0.252 e. The van der Waals surface area contributed by atoms with Gasteiger partial charge in [0.2, 0.25) is 10.0 Å². The van der Waals surface area contributed by atoms with Gasteiger partial charge in [0.05, 0.1) is 17.1 Å². The topological polar surface area (TPSA) is 87.7 Å². The Morgan fingerprint density at radius 1 is 1.43 bits per heavy atom. The van der Waals surface area contributed by atoms with Gasteiger partial charge in [-0.25, -0.2) is 13.1 Å². The Balaban J connectivity index is 2.02. The number of rotatable bonds is 9. The second-order valence-corrected chi connectivity index (χ2v) is 9.95. The average Bonchev–Trinajstić information content (AvgIpc) is 2.66. The van der Waals surface area contributed by atoms with Crippen molar-refractivity contribution in [2.24, 2.45) is 5.92 Å². The fourth-order valence-electron chi connectivity index (χ4n) is 3.30. The predicted molar refractivity (Wildman–Crippen MR) is 113 cm³/mol. The average molecular weight is 476 g/mol. The number of benzene rings is 1. The van der Waals surface area contributed by atoms with Crippen LogP contribution in [0, 0.1) is 5.92 Å². The van der Waals surface area contributed by atoms with E-state index in [1.807, 2.05) is 0 Å². The molecule has 1 saturated heterocycles. The number of nitrogens with one attached hydrogen (secondary N) is 2. The zero-order valence-corrected chi connectivity index (χ0v) is 19.1. The summed E-state index contributed by atoms with van der Waals surface area (Å²) in [5, 5.41) is 2.94. The van der Waals surface area contributed by atoms with Crippen LogP contribution in [0.4, 0.5) is 0 Å². The molecule has 2 atom stereocenters. The number of hydrogen-bond donors (Lipinski definition) is 2. The number of hydrogen-bond acceptors (Lipinski definition) is 5. The van der Waals surface area contributed by atoms with Gasteiger partial charge in [-0.15, -0.1) is 0 Å². The van der Waals surface area contributed by atoms with Crippen LogP contribution in [0.3, 0.4) is 0 Å². The van der Waals surface area contributed by atoms with Crippen molar-refractivity contribution >= 4 is 31.9 Å². The molecular weight excluding hydrogens is 446 g/mol. The number of ether oxygens (including phenoxy) is 1. The van der Waals surface area contributed by atoms with Crippen molar-refractivity contribution in [2.45, 2.75) is 37.6 Å². The highest BCUT2D eigenvalue weighted by Crippen LogP contribution is 2.21. The monoisotopic (exact) mass is 475 g/mol. The Hall–Kier alpha value is -1.00. The highest BCUT2D eigenvalue weighted by atomic mass is 79.9. The molecule has 2 rings (SSSR count). The summed E-state index contributed by atoms with van der Waals surface area (Å²) < 4.78 is 32.6. The second kappa shape index (κ2) is 10.7. The number of piperidine rings is 1. The van der Waals surface area contributed by atoms with Crippen LogP contribution in [-0.2, 0) is 14.8 Å². The van der Waals surface area contributed by atoms with Crippen molar-refractivity contribution in [1.29, 1.82) is 0 Å². The first-order valence-corrected chi connectivity index (χ1v) is 11.8. The van der Waals surface area contributed by atoms with E-state index in [9.17, 15) is 13.2 Å². The number of carbonyl (C=O) groups is 1. The number of sulfonamides is 1. The minimum Gasteiger partial charge on any atom is -0.383 e. The standard InChI is InChI=1S/C19H30BrN3O4S/c1-14-5-4-9-23(13-14)15(2)12-21-19(24)17-11-16(6-7-18(17)20)28(25,26)22-8-10-27-3/h6-7,11,14-15,22H,4-5,8-10,12-13H2,1-3H3,(H,21,24). The maximum Gasteiger partial charge on any atom is 0.252 e. The molecule has 1 amide bonds. The molecule has 0 aliphatic carbocycles. The van der Waals surface area contributed by atoms with Gasteiger partial charge in [0.25, 0.3) is 5.91 Å². The van der Waals surface area contributed by atoms with Crippen molar-refractivity contribution in [1.82, 2.24) is 14.9 Å². The van der Waals surface area contributed by atoms with Gasteiger partial charge in [-0.3, -0.25) is 9.69 Å². The lowest BCUT2D eigenvalue weighted by molar-refractivity contribution is 0.0916. The first-order valence-electron chi connectivity index (χ1n) is 9.55. The van der Waals surface area contributed by atoms with Crippen molar-refractivity contribution in [2.75, 3.05) is 39.9 Å². The van der Waals surface area contributed by atoms with Gasteiger partial charge in [-0.1, -0.05) is 6.92 Å². The summed E-state index contributed by atoms with van der Waals surface area (Å²) in [6.07, 6.45) is 2.43. The lowest BCUT2D eigenvalue weighted by Gasteiger charge is -2.35. The molecule has 1 aliphatic heterocycles. The predicted octanol–water partition coefficient (Wildman–Crippen LogP) is 2.22. The van der Waals surface area contributed by atoms with Gasteiger partial charge in [0.15, 0.2) is 0 Å². The van der Waals surface area contributed by atoms with Crippen LogP contribution in [0.1, 0.15) is 37.0 Å². The number of halogens is 1. The molecule has 1 aromatic rings. The third-order valence-corrected chi connectivity index (χ3v) is 7.11. The van der Waals surface area contributed by atoms with Gasteiger partial charge < -0.3 is 10.1 Å². The van der Waals surface area contributed by atoms with Crippen LogP contribution in [-0.4, -0.2) is 65.2 Å². The first kappa shape index (κ1) is 23.3. The van der Waals surface area contributed by atoms with E-state index in [0.717, 1.165) is 13.1 Å². The Morgan fingerprint density at radius 2 is 2.18 bits per heavy atom. The van der Waals surface area contributed by atoms with E-state index < -0.39 is 10.0 Å². The molecule has 9 heteroatoms. The van der Waals surface area contributed by atoms with Crippen LogP contribution in [0.5, 0.6) is 0 Å². The van der Waals surface area contributed by atoms with Crippen LogP contribution < -0.4 is 10.0 Å². The third-order valence-electron chi connectivity index (χ3n) is 4.96. The first-order chi connectivity index (χ1) is 13.2. The molecule has 1 fully saturated rings. The van der Waals surface area contributed by atoms with Gasteiger partial charge in [0, 0.05) is 37.3 Å². The zero-order chi connectivity index (χ0) is 20.7. The quantitative estimate of drug-likeness (QED) is 0.534. The summed E-state index contributed by atoms with van der Waals surface area (Å²) in [6, 6.07) is 4.67. The van der Waals surface area contributed by atoms with Crippen molar-refractivity contribution in [3.05, 3.63) is 28.2 Å². The summed E-state index contributed by atoms with van der Waals surface area (Å²) in [5.41, 5.74) is 0.300. The van der Waals surface area contributed by atoms with E-state index in [4.69, 9.17) is 4.74 Å². The molecule has 0 radical (unpaired) electrons. The fourth-order valence-corrected chi connectivity index (χ4v) is 4.76. The Bertz CT molecular complexity index is 772. The molecule has 1 heterocycles. The molecule has 0 spiro atoms. The molecule has 158 valence electrons.